The van der Waals surface area contributed by atoms with Crippen molar-refractivity contribution >= 4 is 19.8 Å². The number of phosphoric ester groups is 1. The molecule has 0 saturated heterocycles. The van der Waals surface area contributed by atoms with Crippen LogP contribution in [0.2, 0.25) is 0 Å². The Morgan fingerprint density at radius 3 is 1.63 bits per heavy atom. The van der Waals surface area contributed by atoms with Crippen molar-refractivity contribution in [3.8, 4) is 0 Å². The second kappa shape index (κ2) is 38.7. The van der Waals surface area contributed by atoms with E-state index in [1.807, 2.05) is 6.08 Å². The number of phosphoric acid groups is 1. The number of carbonyl (C=O) groups excluding carboxylic acids is 1. The van der Waals surface area contributed by atoms with Crippen molar-refractivity contribution in [1.29, 1.82) is 0 Å². The number of unbranched alkanes of at least 4 members (excludes halogenated alkanes) is 12. The van der Waals surface area contributed by atoms with Crippen LogP contribution in [0.4, 0.5) is 0 Å². The molecule has 0 aromatic heterocycles. The molecule has 10 nitrogen and oxygen atoms in total. The van der Waals surface area contributed by atoms with E-state index in [4.69, 9.17) is 29.4 Å². The van der Waals surface area contributed by atoms with Gasteiger partial charge in [-0.15, -0.1) is 0 Å². The lowest BCUT2D eigenvalue weighted by molar-refractivity contribution is -0.154. The number of rotatable bonds is 38. The van der Waals surface area contributed by atoms with Gasteiger partial charge in [0.05, 0.1) is 19.8 Å². The Labute approximate surface area is 327 Å². The molecule has 310 valence electrons. The first-order valence-electron chi connectivity index (χ1n) is 20.5. The van der Waals surface area contributed by atoms with Crippen molar-refractivity contribution in [1.82, 2.24) is 0 Å². The van der Waals surface area contributed by atoms with Gasteiger partial charge in [-0.1, -0.05) is 138 Å². The largest absolute Gasteiger partial charge is 0.480 e. The molecule has 0 radical (unpaired) electrons. The maximum Gasteiger partial charge on any atom is 0.472 e. The molecule has 0 bridgehead atoms. The highest BCUT2D eigenvalue weighted by atomic mass is 31.2. The number of carboxylic acids is 1. The predicted molar refractivity (Wildman–Crippen MR) is 221 cm³/mol. The Balaban J connectivity index is 4.41. The molecule has 0 saturated carbocycles. The highest BCUT2D eigenvalue weighted by Crippen LogP contribution is 2.43. The van der Waals surface area contributed by atoms with Gasteiger partial charge < -0.3 is 25.2 Å². The molecule has 0 fully saturated rings. The Bertz CT molecular complexity index is 1130. The van der Waals surface area contributed by atoms with Gasteiger partial charge in [0.25, 0.3) is 0 Å². The summed E-state index contributed by atoms with van der Waals surface area (Å²) in [5, 5.41) is 8.88. The Kier molecular flexibility index (Phi) is 36.8. The molecule has 0 heterocycles. The van der Waals surface area contributed by atoms with Crippen molar-refractivity contribution in [3.05, 3.63) is 72.9 Å². The quantitative estimate of drug-likeness (QED) is 0.0239. The minimum absolute atomic E-state index is 0.0138. The lowest BCUT2D eigenvalue weighted by Gasteiger charge is -2.20. The van der Waals surface area contributed by atoms with Crippen molar-refractivity contribution in [3.63, 3.8) is 0 Å². The minimum atomic E-state index is -4.63. The van der Waals surface area contributed by atoms with Gasteiger partial charge in [-0.3, -0.25) is 18.6 Å². The Morgan fingerprint density at radius 1 is 0.611 bits per heavy atom. The smallest absolute Gasteiger partial charge is 0.472 e. The molecule has 0 aromatic carbocycles. The van der Waals surface area contributed by atoms with Crippen LogP contribution in [0.5, 0.6) is 0 Å². The molecule has 0 aliphatic rings. The molecule has 11 heteroatoms. The fraction of sp³-hybridized carbons (Fsp3) is 0.674. The lowest BCUT2D eigenvalue weighted by atomic mass is 10.1. The molecule has 0 spiro atoms. The molecular formula is C43H74NO9P. The number of nitrogens with two attached hydrogens (primary N) is 1. The summed E-state index contributed by atoms with van der Waals surface area (Å²) in [7, 11) is -4.63. The van der Waals surface area contributed by atoms with Crippen LogP contribution in [0.3, 0.4) is 0 Å². The number of aliphatic carboxylic acids is 1. The van der Waals surface area contributed by atoms with Crippen LogP contribution in [0, 0.1) is 0 Å². The van der Waals surface area contributed by atoms with E-state index in [1.165, 1.54) is 57.8 Å². The molecule has 3 unspecified atom stereocenters. The van der Waals surface area contributed by atoms with Gasteiger partial charge in [-0.2, -0.15) is 0 Å². The highest BCUT2D eigenvalue weighted by molar-refractivity contribution is 7.47. The van der Waals surface area contributed by atoms with Crippen molar-refractivity contribution in [2.75, 3.05) is 26.4 Å². The van der Waals surface area contributed by atoms with E-state index in [0.717, 1.165) is 57.8 Å². The van der Waals surface area contributed by atoms with E-state index in [0.29, 0.717) is 19.4 Å². The first kappa shape index (κ1) is 51.4. The van der Waals surface area contributed by atoms with Gasteiger partial charge in [-0.05, 0) is 77.0 Å². The number of carbonyl (C=O) groups is 2. The zero-order valence-corrected chi connectivity index (χ0v) is 34.4. The Morgan fingerprint density at radius 2 is 1.07 bits per heavy atom. The predicted octanol–water partition coefficient (Wildman–Crippen LogP) is 11.0. The average molecular weight is 780 g/mol. The van der Waals surface area contributed by atoms with E-state index in [1.54, 1.807) is 0 Å². The third-order valence-electron chi connectivity index (χ3n) is 8.22. The maximum absolute atomic E-state index is 12.6. The lowest BCUT2D eigenvalue weighted by Crippen LogP contribution is -2.34. The molecule has 3 atom stereocenters. The summed E-state index contributed by atoms with van der Waals surface area (Å²) in [6.07, 6.45) is 46.7. The van der Waals surface area contributed by atoms with E-state index in [-0.39, 0.29) is 13.0 Å². The van der Waals surface area contributed by atoms with Crippen molar-refractivity contribution < 1.29 is 42.7 Å². The minimum Gasteiger partial charge on any atom is -0.480 e. The zero-order chi connectivity index (χ0) is 39.8. The first-order valence-corrected chi connectivity index (χ1v) is 22.0. The summed E-state index contributed by atoms with van der Waals surface area (Å²) < 4.78 is 33.2. The van der Waals surface area contributed by atoms with Crippen LogP contribution in [-0.4, -0.2) is 60.5 Å². The topological polar surface area (TPSA) is 155 Å². The number of carboxylic acid groups (broad SMARTS) is 1. The van der Waals surface area contributed by atoms with E-state index in [9.17, 15) is 19.0 Å². The summed E-state index contributed by atoms with van der Waals surface area (Å²) in [4.78, 5) is 33.4. The highest BCUT2D eigenvalue weighted by Gasteiger charge is 2.27. The van der Waals surface area contributed by atoms with E-state index < -0.39 is 45.1 Å². The number of hydrogen-bond donors (Lipinski definition) is 3. The number of esters is 1. The second-order valence-corrected chi connectivity index (χ2v) is 14.8. The molecule has 0 aliphatic heterocycles. The standard InChI is InChI=1S/C43H74NO9P/c1-3-5-7-9-11-13-15-17-19-20-21-23-25-27-29-31-33-35-42(45)53-40(38-51-54(48,49)52-39-41(44)43(46)47)37-50-36-34-32-30-28-26-24-22-18-16-14-12-10-8-6-4-2/h5,7,11,13,16-19,21,23,27,29,40-41H,3-4,6,8-10,12,14-15,20,22,24-26,28,30-39,44H2,1-2H3,(H,46,47)(H,48,49)/b7-5-,13-11-,18-16-,19-17-,23-21-,29-27-. The third kappa shape index (κ3) is 37.7. The van der Waals surface area contributed by atoms with Crippen molar-refractivity contribution in [2.45, 2.75) is 161 Å². The van der Waals surface area contributed by atoms with Crippen LogP contribution in [0.1, 0.15) is 149 Å². The summed E-state index contributed by atoms with van der Waals surface area (Å²) in [5.41, 5.74) is 5.34. The average Bonchev–Trinajstić information content (AvgIpc) is 3.15. The SMILES string of the molecule is CC/C=C\C/C=C\C/C=C\C/C=C\C/C=C\CCCC(=O)OC(COCCCCCCCC/C=C\CCCCCCC)COP(=O)(O)OCC(N)C(=O)O. The monoisotopic (exact) mass is 780 g/mol. The van der Waals surface area contributed by atoms with Gasteiger partial charge in [0.15, 0.2) is 0 Å². The molecule has 0 aliphatic carbocycles. The van der Waals surface area contributed by atoms with Crippen LogP contribution in [0.25, 0.3) is 0 Å². The summed E-state index contributed by atoms with van der Waals surface area (Å²) in [6, 6.07) is -1.49. The molecule has 0 rings (SSSR count). The zero-order valence-electron chi connectivity index (χ0n) is 33.5. The van der Waals surface area contributed by atoms with E-state index in [2.05, 4.69) is 80.7 Å². The van der Waals surface area contributed by atoms with Crippen molar-refractivity contribution in [2.24, 2.45) is 5.73 Å². The fourth-order valence-corrected chi connectivity index (χ4v) is 5.82. The van der Waals surface area contributed by atoms with Gasteiger partial charge in [0.1, 0.15) is 12.1 Å². The van der Waals surface area contributed by atoms with Crippen LogP contribution >= 0.6 is 7.82 Å². The van der Waals surface area contributed by atoms with Gasteiger partial charge >= 0.3 is 19.8 Å². The summed E-state index contributed by atoms with van der Waals surface area (Å²) in [5.74, 6) is -1.85. The van der Waals surface area contributed by atoms with Crippen LogP contribution in [-0.2, 0) is 32.7 Å². The second-order valence-electron chi connectivity index (χ2n) is 13.4. The van der Waals surface area contributed by atoms with Gasteiger partial charge in [0, 0.05) is 13.0 Å². The first-order chi connectivity index (χ1) is 26.2. The molecule has 4 N–H and O–H groups in total. The van der Waals surface area contributed by atoms with Crippen LogP contribution < -0.4 is 5.73 Å². The summed E-state index contributed by atoms with van der Waals surface area (Å²) >= 11 is 0. The number of allylic oxidation sites excluding steroid dienone is 12. The van der Waals surface area contributed by atoms with Gasteiger partial charge in [-0.25, -0.2) is 4.57 Å². The van der Waals surface area contributed by atoms with Gasteiger partial charge in [0.2, 0.25) is 0 Å². The fourth-order valence-electron chi connectivity index (χ4n) is 5.04. The molecular weight excluding hydrogens is 705 g/mol. The molecule has 0 aromatic rings. The Hall–Kier alpha value is -2.59. The number of hydrogen-bond acceptors (Lipinski definition) is 8. The molecule has 0 amide bonds. The van der Waals surface area contributed by atoms with Crippen LogP contribution in [0.15, 0.2) is 72.9 Å². The molecule has 54 heavy (non-hydrogen) atoms. The third-order valence-corrected chi connectivity index (χ3v) is 9.17. The van der Waals surface area contributed by atoms with E-state index >= 15 is 0 Å². The normalized spacial score (nSPS) is 14.7. The number of ether oxygens (including phenoxy) is 2. The maximum atomic E-state index is 12.6. The summed E-state index contributed by atoms with van der Waals surface area (Å²) in [6.45, 7) is 3.65.